The highest BCUT2D eigenvalue weighted by Crippen LogP contribution is 2.09. The molecule has 4 heteroatoms. The lowest BCUT2D eigenvalue weighted by atomic mass is 10.5. The van der Waals surface area contributed by atoms with Gasteiger partial charge in [-0.1, -0.05) is 6.07 Å². The fraction of sp³-hybridized carbons (Fsp3) is 0.375. The van der Waals surface area contributed by atoms with Crippen LogP contribution in [0.25, 0.3) is 0 Å². The van der Waals surface area contributed by atoms with Gasteiger partial charge in [-0.2, -0.15) is 5.26 Å². The van der Waals surface area contributed by atoms with Crippen molar-refractivity contribution in [2.75, 3.05) is 6.61 Å². The fourth-order valence-electron chi connectivity index (χ4n) is 0.695. The van der Waals surface area contributed by atoms with Gasteiger partial charge in [-0.15, -0.1) is 22.9 Å². The SMILES string of the molecule is N#CC(Cl)COCc1cccs1. The highest BCUT2D eigenvalue weighted by molar-refractivity contribution is 7.09. The first kappa shape index (κ1) is 9.53. The van der Waals surface area contributed by atoms with Gasteiger partial charge in [0, 0.05) is 4.88 Å². The van der Waals surface area contributed by atoms with Crippen LogP contribution in [0.4, 0.5) is 0 Å². The number of halogens is 1. The molecule has 2 nitrogen and oxygen atoms in total. The number of nitriles is 1. The summed E-state index contributed by atoms with van der Waals surface area (Å²) in [6.45, 7) is 0.832. The Morgan fingerprint density at radius 3 is 3.17 bits per heavy atom. The van der Waals surface area contributed by atoms with Gasteiger partial charge in [0.25, 0.3) is 0 Å². The predicted octanol–water partition coefficient (Wildman–Crippen LogP) is 2.40. The van der Waals surface area contributed by atoms with Crippen molar-refractivity contribution in [3.63, 3.8) is 0 Å². The van der Waals surface area contributed by atoms with Crippen LogP contribution in [0.5, 0.6) is 0 Å². The zero-order valence-electron chi connectivity index (χ0n) is 6.37. The molecule has 0 bridgehead atoms. The summed E-state index contributed by atoms with van der Waals surface area (Å²) in [7, 11) is 0. The number of thiophene rings is 1. The summed E-state index contributed by atoms with van der Waals surface area (Å²) in [6.07, 6.45) is 0. The maximum absolute atomic E-state index is 8.33. The van der Waals surface area contributed by atoms with Crippen LogP contribution in [0.3, 0.4) is 0 Å². The van der Waals surface area contributed by atoms with E-state index in [1.54, 1.807) is 11.3 Å². The van der Waals surface area contributed by atoms with Gasteiger partial charge in [-0.3, -0.25) is 0 Å². The second-order valence-electron chi connectivity index (χ2n) is 2.19. The van der Waals surface area contributed by atoms with Gasteiger partial charge in [-0.25, -0.2) is 0 Å². The van der Waals surface area contributed by atoms with E-state index in [1.807, 2.05) is 23.6 Å². The highest BCUT2D eigenvalue weighted by Gasteiger charge is 2.01. The van der Waals surface area contributed by atoms with Crippen molar-refractivity contribution in [2.45, 2.75) is 12.0 Å². The average molecular weight is 202 g/mol. The molecule has 1 aromatic heterocycles. The van der Waals surface area contributed by atoms with E-state index in [0.717, 1.165) is 4.88 Å². The van der Waals surface area contributed by atoms with Gasteiger partial charge >= 0.3 is 0 Å². The van der Waals surface area contributed by atoms with Crippen LogP contribution in [0, 0.1) is 11.3 Å². The minimum absolute atomic E-state index is 0.288. The molecule has 64 valence electrons. The molecule has 0 aliphatic heterocycles. The van der Waals surface area contributed by atoms with Crippen LogP contribution < -0.4 is 0 Å². The van der Waals surface area contributed by atoms with Crippen LogP contribution in [0.1, 0.15) is 4.88 Å². The summed E-state index contributed by atoms with van der Waals surface area (Å²) in [4.78, 5) is 1.15. The van der Waals surface area contributed by atoms with Crippen LogP contribution in [-0.2, 0) is 11.3 Å². The number of hydrogen-bond acceptors (Lipinski definition) is 3. The molecule has 1 atom stereocenters. The van der Waals surface area contributed by atoms with Gasteiger partial charge in [0.15, 0.2) is 0 Å². The minimum Gasteiger partial charge on any atom is -0.373 e. The van der Waals surface area contributed by atoms with Crippen molar-refractivity contribution >= 4 is 22.9 Å². The topological polar surface area (TPSA) is 33.0 Å². The first-order valence-corrected chi connectivity index (χ1v) is 4.78. The van der Waals surface area contributed by atoms with Gasteiger partial charge in [0.1, 0.15) is 5.38 Å². The van der Waals surface area contributed by atoms with E-state index in [1.165, 1.54) is 0 Å². The molecule has 0 aliphatic carbocycles. The predicted molar refractivity (Wildman–Crippen MR) is 49.2 cm³/mol. The van der Waals surface area contributed by atoms with Gasteiger partial charge in [0.05, 0.1) is 19.3 Å². The van der Waals surface area contributed by atoms with Crippen molar-refractivity contribution in [1.82, 2.24) is 0 Å². The van der Waals surface area contributed by atoms with E-state index in [0.29, 0.717) is 6.61 Å². The summed E-state index contributed by atoms with van der Waals surface area (Å²) >= 11 is 7.15. The second kappa shape index (κ2) is 5.15. The second-order valence-corrected chi connectivity index (χ2v) is 3.75. The molecule has 0 aromatic carbocycles. The number of rotatable bonds is 4. The Hall–Kier alpha value is -0.560. The van der Waals surface area contributed by atoms with Crippen LogP contribution in [0.15, 0.2) is 17.5 Å². The third kappa shape index (κ3) is 3.22. The van der Waals surface area contributed by atoms with E-state index in [2.05, 4.69) is 0 Å². The van der Waals surface area contributed by atoms with Crippen molar-refractivity contribution in [2.24, 2.45) is 0 Å². The third-order valence-corrected chi connectivity index (χ3v) is 2.30. The molecule has 0 fully saturated rings. The Bertz CT molecular complexity index is 255. The molecular weight excluding hydrogens is 194 g/mol. The quantitative estimate of drug-likeness (QED) is 0.701. The molecule has 0 saturated heterocycles. The lowest BCUT2D eigenvalue weighted by molar-refractivity contribution is 0.130. The van der Waals surface area contributed by atoms with Crippen LogP contribution >= 0.6 is 22.9 Å². The smallest absolute Gasteiger partial charge is 0.143 e. The molecule has 0 radical (unpaired) electrons. The molecule has 0 N–H and O–H groups in total. The highest BCUT2D eigenvalue weighted by atomic mass is 35.5. The van der Waals surface area contributed by atoms with E-state index in [-0.39, 0.29) is 6.61 Å². The maximum atomic E-state index is 8.33. The summed E-state index contributed by atoms with van der Waals surface area (Å²) < 4.78 is 5.19. The summed E-state index contributed by atoms with van der Waals surface area (Å²) in [5.41, 5.74) is 0. The molecule has 1 aromatic rings. The van der Waals surface area contributed by atoms with Crippen molar-refractivity contribution < 1.29 is 4.74 Å². The summed E-state index contributed by atoms with van der Waals surface area (Å²) in [5.74, 6) is 0. The van der Waals surface area contributed by atoms with Gasteiger partial charge < -0.3 is 4.74 Å². The largest absolute Gasteiger partial charge is 0.373 e. The van der Waals surface area contributed by atoms with E-state index >= 15 is 0 Å². The molecule has 0 amide bonds. The number of nitrogens with zero attached hydrogens (tertiary/aromatic N) is 1. The Morgan fingerprint density at radius 1 is 1.75 bits per heavy atom. The van der Waals surface area contributed by atoms with Crippen LogP contribution in [0.2, 0.25) is 0 Å². The summed E-state index contributed by atoms with van der Waals surface area (Å²) in [5, 5.41) is 9.78. The van der Waals surface area contributed by atoms with Gasteiger partial charge in [0.2, 0.25) is 0 Å². The minimum atomic E-state index is -0.537. The normalized spacial score (nSPS) is 12.3. The number of ether oxygens (including phenoxy) is 1. The monoisotopic (exact) mass is 201 g/mol. The number of hydrogen-bond donors (Lipinski definition) is 0. The fourth-order valence-corrected chi connectivity index (χ4v) is 1.42. The van der Waals surface area contributed by atoms with Crippen molar-refractivity contribution in [3.8, 4) is 6.07 Å². The summed E-state index contributed by atoms with van der Waals surface area (Å²) in [6, 6.07) is 5.84. The Morgan fingerprint density at radius 2 is 2.58 bits per heavy atom. The lowest BCUT2D eigenvalue weighted by Crippen LogP contribution is -2.05. The molecule has 0 saturated carbocycles. The Balaban J connectivity index is 2.16. The Labute approximate surface area is 80.3 Å². The maximum Gasteiger partial charge on any atom is 0.143 e. The van der Waals surface area contributed by atoms with E-state index in [9.17, 15) is 0 Å². The molecule has 1 unspecified atom stereocenters. The third-order valence-electron chi connectivity index (χ3n) is 1.23. The van der Waals surface area contributed by atoms with Crippen LogP contribution in [-0.4, -0.2) is 12.0 Å². The van der Waals surface area contributed by atoms with Crippen molar-refractivity contribution in [3.05, 3.63) is 22.4 Å². The lowest BCUT2D eigenvalue weighted by Gasteiger charge is -2.01. The first-order chi connectivity index (χ1) is 5.83. The standard InChI is InChI=1S/C8H8ClNOS/c9-7(4-10)5-11-6-8-2-1-3-12-8/h1-3,7H,5-6H2. The molecule has 0 spiro atoms. The molecular formula is C8H8ClNOS. The Kier molecular flexibility index (Phi) is 4.09. The van der Waals surface area contributed by atoms with E-state index < -0.39 is 5.38 Å². The number of alkyl halides is 1. The average Bonchev–Trinajstić information content (AvgIpc) is 2.57. The molecule has 12 heavy (non-hydrogen) atoms. The van der Waals surface area contributed by atoms with Crippen molar-refractivity contribution in [1.29, 1.82) is 5.26 Å². The molecule has 1 rings (SSSR count). The van der Waals surface area contributed by atoms with Gasteiger partial charge in [-0.05, 0) is 11.4 Å². The van der Waals surface area contributed by atoms with E-state index in [4.69, 9.17) is 21.6 Å². The first-order valence-electron chi connectivity index (χ1n) is 3.46. The zero-order chi connectivity index (χ0) is 8.81. The molecule has 0 aliphatic rings. The zero-order valence-corrected chi connectivity index (χ0v) is 7.94. The molecule has 1 heterocycles.